The molecule has 124 valence electrons. The van der Waals surface area contributed by atoms with Crippen molar-refractivity contribution in [3.63, 3.8) is 0 Å². The van der Waals surface area contributed by atoms with Gasteiger partial charge in [0, 0.05) is 6.20 Å². The molecule has 1 aliphatic rings. The van der Waals surface area contributed by atoms with E-state index in [0.29, 0.717) is 23.6 Å². The molecule has 0 radical (unpaired) electrons. The first-order valence-corrected chi connectivity index (χ1v) is 7.99. The summed E-state index contributed by atoms with van der Waals surface area (Å²) in [6.07, 6.45) is 3.73. The molecule has 0 unspecified atom stereocenters. The largest absolute Gasteiger partial charge is 0.465 e. The van der Waals surface area contributed by atoms with Gasteiger partial charge in [-0.3, -0.25) is 9.78 Å². The molecule has 1 aliphatic carbocycles. The standard InChI is InChI=1S/C17H17FN4O2/c1-3-24-17-19-15-12(16(23)20-17)8-22(21-15)14-9(2)6-11(7-13(14)18)10-4-5-10/h6-8,10H,3-5H2,1-2H3,(H,19,20,21,23). The molecule has 0 saturated heterocycles. The molecule has 0 aliphatic heterocycles. The van der Waals surface area contributed by atoms with E-state index in [1.807, 2.05) is 13.0 Å². The van der Waals surface area contributed by atoms with E-state index in [-0.39, 0.29) is 23.0 Å². The van der Waals surface area contributed by atoms with Crippen LogP contribution in [0.15, 0.2) is 23.1 Å². The maximum atomic E-state index is 14.6. The Kier molecular flexibility index (Phi) is 3.37. The third kappa shape index (κ3) is 2.46. The van der Waals surface area contributed by atoms with Crippen LogP contribution in [-0.4, -0.2) is 26.4 Å². The van der Waals surface area contributed by atoms with Crippen LogP contribution in [0, 0.1) is 12.7 Å². The lowest BCUT2D eigenvalue weighted by Crippen LogP contribution is -2.09. The molecule has 0 spiro atoms. The van der Waals surface area contributed by atoms with Crippen LogP contribution in [0.5, 0.6) is 6.01 Å². The minimum Gasteiger partial charge on any atom is -0.465 e. The van der Waals surface area contributed by atoms with E-state index in [2.05, 4.69) is 15.1 Å². The van der Waals surface area contributed by atoms with Gasteiger partial charge in [-0.15, -0.1) is 5.10 Å². The van der Waals surface area contributed by atoms with Crippen LogP contribution < -0.4 is 10.3 Å². The van der Waals surface area contributed by atoms with Crippen LogP contribution in [-0.2, 0) is 0 Å². The summed E-state index contributed by atoms with van der Waals surface area (Å²) in [5.41, 5.74) is 2.02. The first-order chi connectivity index (χ1) is 11.6. The normalized spacial score (nSPS) is 14.3. The molecule has 2 heterocycles. The van der Waals surface area contributed by atoms with E-state index < -0.39 is 0 Å². The number of aryl methyl sites for hydroxylation is 1. The number of ether oxygens (including phenoxy) is 1. The minimum absolute atomic E-state index is 0.113. The van der Waals surface area contributed by atoms with Crippen LogP contribution in [0.1, 0.15) is 36.8 Å². The summed E-state index contributed by atoms with van der Waals surface area (Å²) in [5, 5.41) is 4.56. The highest BCUT2D eigenvalue weighted by Crippen LogP contribution is 2.41. The molecule has 1 fully saturated rings. The smallest absolute Gasteiger partial charge is 0.298 e. The second-order valence-corrected chi connectivity index (χ2v) is 6.06. The molecule has 4 rings (SSSR count). The lowest BCUT2D eigenvalue weighted by atomic mass is 10.1. The lowest BCUT2D eigenvalue weighted by molar-refractivity contribution is 0.313. The molecule has 24 heavy (non-hydrogen) atoms. The minimum atomic E-state index is -0.359. The van der Waals surface area contributed by atoms with Gasteiger partial charge in [-0.25, -0.2) is 9.07 Å². The summed E-state index contributed by atoms with van der Waals surface area (Å²) in [6.45, 7) is 4.02. The third-order valence-corrected chi connectivity index (χ3v) is 4.20. The van der Waals surface area contributed by atoms with Gasteiger partial charge in [-0.2, -0.15) is 4.98 Å². The van der Waals surface area contributed by atoms with Crippen LogP contribution in [0.3, 0.4) is 0 Å². The molecule has 1 saturated carbocycles. The number of nitrogens with zero attached hydrogens (tertiary/aromatic N) is 3. The number of hydrogen-bond acceptors (Lipinski definition) is 4. The number of benzene rings is 1. The molecule has 2 aromatic heterocycles. The van der Waals surface area contributed by atoms with Crippen molar-refractivity contribution in [2.75, 3.05) is 6.61 Å². The predicted molar refractivity (Wildman–Crippen MR) is 87.3 cm³/mol. The third-order valence-electron chi connectivity index (χ3n) is 4.20. The number of hydrogen-bond donors (Lipinski definition) is 1. The van der Waals surface area contributed by atoms with Gasteiger partial charge in [-0.1, -0.05) is 6.07 Å². The van der Waals surface area contributed by atoms with Crippen LogP contribution in [0.2, 0.25) is 0 Å². The monoisotopic (exact) mass is 328 g/mol. The summed E-state index contributed by atoms with van der Waals surface area (Å²) >= 11 is 0. The van der Waals surface area contributed by atoms with Crippen molar-refractivity contribution in [3.8, 4) is 11.7 Å². The maximum Gasteiger partial charge on any atom is 0.298 e. The number of nitrogens with one attached hydrogen (secondary N) is 1. The van der Waals surface area contributed by atoms with Crippen molar-refractivity contribution in [2.45, 2.75) is 32.6 Å². The second kappa shape index (κ2) is 5.43. The summed E-state index contributed by atoms with van der Waals surface area (Å²) < 4.78 is 21.2. The van der Waals surface area contributed by atoms with E-state index >= 15 is 0 Å². The molecule has 1 aromatic carbocycles. The van der Waals surface area contributed by atoms with Gasteiger partial charge in [0.1, 0.15) is 16.9 Å². The molecule has 1 N–H and O–H groups in total. The summed E-state index contributed by atoms with van der Waals surface area (Å²) in [4.78, 5) is 18.8. The Morgan fingerprint density at radius 1 is 1.42 bits per heavy atom. The van der Waals surface area contributed by atoms with Crippen LogP contribution >= 0.6 is 0 Å². The highest BCUT2D eigenvalue weighted by atomic mass is 19.1. The second-order valence-electron chi connectivity index (χ2n) is 6.06. The van der Waals surface area contributed by atoms with Crippen molar-refractivity contribution < 1.29 is 9.13 Å². The number of fused-ring (bicyclic) bond motifs is 1. The van der Waals surface area contributed by atoms with Crippen molar-refractivity contribution in [3.05, 3.63) is 45.6 Å². The van der Waals surface area contributed by atoms with Crippen molar-refractivity contribution in [1.82, 2.24) is 19.7 Å². The maximum absolute atomic E-state index is 14.6. The Balaban J connectivity index is 1.84. The SMILES string of the molecule is CCOc1nc2nn(-c3c(C)cc(C4CC4)cc3F)cc2c(=O)[nH]1. The van der Waals surface area contributed by atoms with Gasteiger partial charge in [-0.05, 0) is 49.8 Å². The fourth-order valence-electron chi connectivity index (χ4n) is 2.92. The number of aromatic nitrogens is 4. The molecule has 7 heteroatoms. The number of aromatic amines is 1. The van der Waals surface area contributed by atoms with Crippen molar-refractivity contribution in [2.24, 2.45) is 0 Å². The van der Waals surface area contributed by atoms with Crippen LogP contribution in [0.25, 0.3) is 16.7 Å². The topological polar surface area (TPSA) is 72.8 Å². The zero-order valence-corrected chi connectivity index (χ0v) is 13.5. The number of H-pyrrole nitrogens is 1. The quantitative estimate of drug-likeness (QED) is 0.799. The summed E-state index contributed by atoms with van der Waals surface area (Å²) in [5.74, 6) is 0.133. The average molecular weight is 328 g/mol. The molecule has 3 aromatic rings. The van der Waals surface area contributed by atoms with E-state index in [1.54, 1.807) is 13.0 Å². The van der Waals surface area contributed by atoms with Gasteiger partial charge in [0.05, 0.1) is 6.61 Å². The van der Waals surface area contributed by atoms with Crippen molar-refractivity contribution in [1.29, 1.82) is 0 Å². The Bertz CT molecular complexity index is 965. The Morgan fingerprint density at radius 2 is 2.21 bits per heavy atom. The zero-order chi connectivity index (χ0) is 16.8. The van der Waals surface area contributed by atoms with Crippen molar-refractivity contribution >= 4 is 11.0 Å². The summed E-state index contributed by atoms with van der Waals surface area (Å²) in [6, 6.07) is 3.67. The molecule has 6 nitrogen and oxygen atoms in total. The molecule has 0 atom stereocenters. The first-order valence-electron chi connectivity index (χ1n) is 7.99. The molecular weight excluding hydrogens is 311 g/mol. The van der Waals surface area contributed by atoms with E-state index in [0.717, 1.165) is 24.0 Å². The van der Waals surface area contributed by atoms with Crippen LogP contribution in [0.4, 0.5) is 4.39 Å². The molecular formula is C17H17FN4O2. The molecule has 0 bridgehead atoms. The average Bonchev–Trinajstić information content (AvgIpc) is 3.28. The van der Waals surface area contributed by atoms with E-state index in [4.69, 9.17) is 4.74 Å². The van der Waals surface area contributed by atoms with Gasteiger partial charge < -0.3 is 4.74 Å². The fourth-order valence-corrected chi connectivity index (χ4v) is 2.92. The lowest BCUT2D eigenvalue weighted by Gasteiger charge is -2.09. The van der Waals surface area contributed by atoms with Gasteiger partial charge in [0.15, 0.2) is 5.65 Å². The predicted octanol–water partition coefficient (Wildman–Crippen LogP) is 2.83. The van der Waals surface area contributed by atoms with Gasteiger partial charge in [0.25, 0.3) is 11.6 Å². The Hall–Kier alpha value is -2.70. The van der Waals surface area contributed by atoms with Gasteiger partial charge >= 0.3 is 0 Å². The number of rotatable bonds is 4. The zero-order valence-electron chi connectivity index (χ0n) is 13.5. The first kappa shape index (κ1) is 14.9. The number of halogens is 1. The Labute approximate surface area is 137 Å². The van der Waals surface area contributed by atoms with E-state index in [9.17, 15) is 9.18 Å². The fraction of sp³-hybridized carbons (Fsp3) is 0.353. The molecule has 0 amide bonds. The summed E-state index contributed by atoms with van der Waals surface area (Å²) in [7, 11) is 0. The highest BCUT2D eigenvalue weighted by molar-refractivity contribution is 5.73. The highest BCUT2D eigenvalue weighted by Gasteiger charge is 2.25. The van der Waals surface area contributed by atoms with Gasteiger partial charge in [0.2, 0.25) is 0 Å². The Morgan fingerprint density at radius 3 is 2.88 bits per heavy atom. The van der Waals surface area contributed by atoms with E-state index in [1.165, 1.54) is 10.9 Å².